The number of hydrogen-bond acceptors (Lipinski definition) is 3. The predicted octanol–water partition coefficient (Wildman–Crippen LogP) is 4.83. The van der Waals surface area contributed by atoms with Crippen LogP contribution in [-0.4, -0.2) is 41.9 Å². The summed E-state index contributed by atoms with van der Waals surface area (Å²) in [6.45, 7) is 5.83. The van der Waals surface area contributed by atoms with Crippen molar-refractivity contribution in [3.05, 3.63) is 101 Å². The molecule has 1 amide bonds. The maximum absolute atomic E-state index is 13.5. The molecule has 4 nitrogen and oxygen atoms in total. The first kappa shape index (κ1) is 22.1. The molecule has 1 saturated heterocycles. The number of amides is 1. The minimum absolute atomic E-state index is 0.0460. The summed E-state index contributed by atoms with van der Waals surface area (Å²) in [4.78, 5) is 15.9. The van der Waals surface area contributed by atoms with Gasteiger partial charge in [-0.3, -0.25) is 14.6 Å². The zero-order valence-electron chi connectivity index (χ0n) is 18.1. The molecule has 3 aromatic rings. The summed E-state index contributed by atoms with van der Waals surface area (Å²) >= 11 is 0. The number of carbonyl (C=O) groups is 1. The van der Waals surface area contributed by atoms with E-state index in [1.807, 2.05) is 48.5 Å². The first-order valence-corrected chi connectivity index (χ1v) is 10.8. The molecule has 0 unspecified atom stereocenters. The highest BCUT2D eigenvalue weighted by molar-refractivity contribution is 5.88. The average molecular weight is 436 g/mol. The first-order valence-electron chi connectivity index (χ1n) is 10.8. The van der Waals surface area contributed by atoms with Gasteiger partial charge in [-0.25, -0.2) is 8.78 Å². The number of nitrogens with one attached hydrogen (secondary N) is 1. The van der Waals surface area contributed by atoms with E-state index in [9.17, 15) is 13.6 Å². The SMILES string of the molecule is CC(=O)Nc1ccc(CN2CCN(C(c3ccc(F)cc3)c3ccc(F)cc3)CC2)cc1. The van der Waals surface area contributed by atoms with E-state index in [1.165, 1.54) is 36.8 Å². The standard InChI is InChI=1S/C26H27F2N3O/c1-19(32)29-25-12-2-20(3-13-25)18-30-14-16-31(17-15-30)26(21-4-8-23(27)9-5-21)22-6-10-24(28)11-7-22/h2-13,26H,14-18H2,1H3,(H,29,32). The van der Waals surface area contributed by atoms with Gasteiger partial charge in [0.05, 0.1) is 6.04 Å². The van der Waals surface area contributed by atoms with Crippen LogP contribution in [0.15, 0.2) is 72.8 Å². The fourth-order valence-corrected chi connectivity index (χ4v) is 4.24. The van der Waals surface area contributed by atoms with Crippen molar-refractivity contribution >= 4 is 11.6 Å². The van der Waals surface area contributed by atoms with Crippen molar-refractivity contribution in [1.29, 1.82) is 0 Å². The second kappa shape index (κ2) is 10.0. The van der Waals surface area contributed by atoms with E-state index in [2.05, 4.69) is 15.1 Å². The molecule has 3 aromatic carbocycles. The molecule has 1 aliphatic heterocycles. The molecule has 32 heavy (non-hydrogen) atoms. The van der Waals surface area contributed by atoms with Gasteiger partial charge >= 0.3 is 0 Å². The van der Waals surface area contributed by atoms with Gasteiger partial charge in [0.15, 0.2) is 0 Å². The lowest BCUT2D eigenvalue weighted by Crippen LogP contribution is -2.47. The van der Waals surface area contributed by atoms with E-state index >= 15 is 0 Å². The van der Waals surface area contributed by atoms with E-state index in [0.29, 0.717) is 0 Å². The smallest absolute Gasteiger partial charge is 0.221 e. The zero-order valence-corrected chi connectivity index (χ0v) is 18.1. The Labute approximate surface area is 187 Å². The van der Waals surface area contributed by atoms with Crippen LogP contribution in [0, 0.1) is 11.6 Å². The zero-order chi connectivity index (χ0) is 22.5. The molecule has 1 aliphatic rings. The summed E-state index contributed by atoms with van der Waals surface area (Å²) < 4.78 is 27.0. The Hall–Kier alpha value is -3.09. The Kier molecular flexibility index (Phi) is 6.93. The molecular weight excluding hydrogens is 408 g/mol. The fourth-order valence-electron chi connectivity index (χ4n) is 4.24. The van der Waals surface area contributed by atoms with Crippen LogP contribution < -0.4 is 5.32 Å². The van der Waals surface area contributed by atoms with Gasteiger partial charge in [-0.2, -0.15) is 0 Å². The van der Waals surface area contributed by atoms with E-state index in [-0.39, 0.29) is 23.6 Å². The summed E-state index contributed by atoms with van der Waals surface area (Å²) in [5, 5.41) is 2.79. The molecule has 0 aromatic heterocycles. The Morgan fingerprint density at radius 3 is 1.78 bits per heavy atom. The number of benzene rings is 3. The minimum Gasteiger partial charge on any atom is -0.326 e. The molecule has 1 heterocycles. The van der Waals surface area contributed by atoms with Crippen molar-refractivity contribution in [2.45, 2.75) is 19.5 Å². The lowest BCUT2D eigenvalue weighted by Gasteiger charge is -2.40. The van der Waals surface area contributed by atoms with Gasteiger partial charge in [0.25, 0.3) is 0 Å². The van der Waals surface area contributed by atoms with Gasteiger partial charge < -0.3 is 5.32 Å². The molecule has 0 spiro atoms. The summed E-state index contributed by atoms with van der Waals surface area (Å²) in [6, 6.07) is 21.0. The number of anilines is 1. The van der Waals surface area contributed by atoms with Gasteiger partial charge in [0.2, 0.25) is 5.91 Å². The van der Waals surface area contributed by atoms with Crippen LogP contribution in [0.25, 0.3) is 0 Å². The predicted molar refractivity (Wildman–Crippen MR) is 122 cm³/mol. The van der Waals surface area contributed by atoms with Crippen LogP contribution in [-0.2, 0) is 11.3 Å². The number of carbonyl (C=O) groups excluding carboxylic acids is 1. The Morgan fingerprint density at radius 1 is 0.812 bits per heavy atom. The molecule has 4 rings (SSSR count). The molecule has 0 atom stereocenters. The molecule has 166 valence electrons. The topological polar surface area (TPSA) is 35.6 Å². The molecule has 0 bridgehead atoms. The van der Waals surface area contributed by atoms with Gasteiger partial charge in [-0.1, -0.05) is 36.4 Å². The molecule has 0 radical (unpaired) electrons. The summed E-state index contributed by atoms with van der Waals surface area (Å²) in [6.07, 6.45) is 0. The fraction of sp³-hybridized carbons (Fsp3) is 0.269. The van der Waals surface area contributed by atoms with E-state index in [1.54, 1.807) is 0 Å². The van der Waals surface area contributed by atoms with Crippen molar-refractivity contribution in [3.63, 3.8) is 0 Å². The average Bonchev–Trinajstić information content (AvgIpc) is 2.79. The highest BCUT2D eigenvalue weighted by Crippen LogP contribution is 2.30. The normalized spacial score (nSPS) is 15.1. The second-order valence-electron chi connectivity index (χ2n) is 8.20. The number of halogens is 2. The highest BCUT2D eigenvalue weighted by Gasteiger charge is 2.26. The number of piperazine rings is 1. The largest absolute Gasteiger partial charge is 0.326 e. The Bertz CT molecular complexity index is 983. The number of hydrogen-bond donors (Lipinski definition) is 1. The van der Waals surface area contributed by atoms with E-state index in [0.717, 1.165) is 49.5 Å². The molecule has 0 aliphatic carbocycles. The molecule has 0 saturated carbocycles. The van der Waals surface area contributed by atoms with Crippen LogP contribution in [0.2, 0.25) is 0 Å². The van der Waals surface area contributed by atoms with Crippen molar-refractivity contribution in [3.8, 4) is 0 Å². The van der Waals surface area contributed by atoms with Crippen molar-refractivity contribution in [1.82, 2.24) is 9.80 Å². The quantitative estimate of drug-likeness (QED) is 0.602. The molecule has 6 heteroatoms. The van der Waals surface area contributed by atoms with Crippen LogP contribution >= 0.6 is 0 Å². The maximum atomic E-state index is 13.5. The van der Waals surface area contributed by atoms with Gasteiger partial charge in [0, 0.05) is 45.3 Å². The van der Waals surface area contributed by atoms with Crippen molar-refractivity contribution in [2.75, 3.05) is 31.5 Å². The Balaban J connectivity index is 1.43. The summed E-state index contributed by atoms with van der Waals surface area (Å²) in [5.41, 5.74) is 3.99. The third kappa shape index (κ3) is 5.58. The number of rotatable bonds is 6. The van der Waals surface area contributed by atoms with Gasteiger partial charge in [-0.05, 0) is 53.1 Å². The maximum Gasteiger partial charge on any atom is 0.221 e. The summed E-state index contributed by atoms with van der Waals surface area (Å²) in [7, 11) is 0. The van der Waals surface area contributed by atoms with Crippen LogP contribution in [0.1, 0.15) is 29.7 Å². The first-order chi connectivity index (χ1) is 15.5. The van der Waals surface area contributed by atoms with Crippen molar-refractivity contribution in [2.24, 2.45) is 0 Å². The number of nitrogens with zero attached hydrogens (tertiary/aromatic N) is 2. The lowest BCUT2D eigenvalue weighted by molar-refractivity contribution is -0.114. The minimum atomic E-state index is -0.263. The lowest BCUT2D eigenvalue weighted by atomic mass is 9.96. The van der Waals surface area contributed by atoms with Crippen LogP contribution in [0.4, 0.5) is 14.5 Å². The van der Waals surface area contributed by atoms with Crippen LogP contribution in [0.5, 0.6) is 0 Å². The molecule has 1 fully saturated rings. The van der Waals surface area contributed by atoms with E-state index < -0.39 is 0 Å². The third-order valence-corrected chi connectivity index (χ3v) is 5.82. The molecular formula is C26H27F2N3O. The monoisotopic (exact) mass is 435 g/mol. The highest BCUT2D eigenvalue weighted by atomic mass is 19.1. The third-order valence-electron chi connectivity index (χ3n) is 5.82. The van der Waals surface area contributed by atoms with Crippen molar-refractivity contribution < 1.29 is 13.6 Å². The Morgan fingerprint density at radius 2 is 1.31 bits per heavy atom. The van der Waals surface area contributed by atoms with Gasteiger partial charge in [-0.15, -0.1) is 0 Å². The summed E-state index contributed by atoms with van der Waals surface area (Å²) in [5.74, 6) is -0.604. The van der Waals surface area contributed by atoms with E-state index in [4.69, 9.17) is 0 Å². The second-order valence-corrected chi connectivity index (χ2v) is 8.20. The van der Waals surface area contributed by atoms with Crippen LogP contribution in [0.3, 0.4) is 0 Å². The van der Waals surface area contributed by atoms with Gasteiger partial charge in [0.1, 0.15) is 11.6 Å². The molecule has 1 N–H and O–H groups in total.